The van der Waals surface area contributed by atoms with Gasteiger partial charge in [0.15, 0.2) is 11.5 Å². The zero-order valence-corrected chi connectivity index (χ0v) is 14.4. The molecule has 1 aromatic heterocycles. The highest BCUT2D eigenvalue weighted by atomic mass is 16.7. The van der Waals surface area contributed by atoms with Gasteiger partial charge in [0.2, 0.25) is 12.7 Å². The van der Waals surface area contributed by atoms with Gasteiger partial charge in [0.1, 0.15) is 5.69 Å². The molecule has 2 aromatic carbocycles. The van der Waals surface area contributed by atoms with Gasteiger partial charge in [-0.05, 0) is 48.5 Å². The molecule has 1 aliphatic heterocycles. The normalized spacial score (nSPS) is 11.9. The van der Waals surface area contributed by atoms with Crippen molar-refractivity contribution in [3.63, 3.8) is 0 Å². The Morgan fingerprint density at radius 3 is 2.41 bits per heavy atom. The number of carbonyl (C=O) groups excluding carboxylic acids is 2. The van der Waals surface area contributed by atoms with E-state index < -0.39 is 0 Å². The minimum Gasteiger partial charge on any atom is -0.454 e. The zero-order chi connectivity index (χ0) is 18.8. The maximum atomic E-state index is 12.4. The molecule has 0 unspecified atom stereocenters. The molecule has 3 N–H and O–H groups in total. The van der Waals surface area contributed by atoms with E-state index in [4.69, 9.17) is 9.47 Å². The number of anilines is 2. The average Bonchev–Trinajstić information content (AvgIpc) is 3.31. The Bertz CT molecular complexity index is 1010. The number of hydrogen-bond donors (Lipinski definition) is 3. The van der Waals surface area contributed by atoms with E-state index in [1.54, 1.807) is 30.3 Å². The van der Waals surface area contributed by atoms with Crippen LogP contribution in [-0.2, 0) is 4.79 Å². The summed E-state index contributed by atoms with van der Waals surface area (Å²) >= 11 is 0. The number of amides is 2. The van der Waals surface area contributed by atoms with Crippen LogP contribution in [-0.4, -0.2) is 28.8 Å². The number of ether oxygens (including phenoxy) is 2. The Morgan fingerprint density at radius 2 is 1.67 bits per heavy atom. The molecule has 0 saturated carbocycles. The number of H-pyrrole nitrogens is 1. The van der Waals surface area contributed by atoms with Crippen molar-refractivity contribution in [2.45, 2.75) is 6.92 Å². The van der Waals surface area contributed by atoms with Gasteiger partial charge in [0.05, 0.1) is 5.69 Å². The van der Waals surface area contributed by atoms with Crippen LogP contribution >= 0.6 is 0 Å². The van der Waals surface area contributed by atoms with Crippen LogP contribution < -0.4 is 20.1 Å². The molecular weight excluding hydrogens is 348 g/mol. The first-order valence-electron chi connectivity index (χ1n) is 8.23. The van der Waals surface area contributed by atoms with Crippen LogP contribution in [0.25, 0.3) is 11.3 Å². The Kier molecular flexibility index (Phi) is 4.21. The molecule has 8 nitrogen and oxygen atoms in total. The summed E-state index contributed by atoms with van der Waals surface area (Å²) in [6, 6.07) is 14.0. The van der Waals surface area contributed by atoms with Gasteiger partial charge < -0.3 is 20.1 Å². The van der Waals surface area contributed by atoms with Gasteiger partial charge in [0, 0.05) is 23.9 Å². The SMILES string of the molecule is CC(=O)Nc1ccc(NC(=O)c2cc(-c3ccc4c(c3)OCO4)n[nH]2)cc1. The van der Waals surface area contributed by atoms with Gasteiger partial charge >= 0.3 is 0 Å². The standard InChI is InChI=1S/C19H16N4O4/c1-11(24)20-13-3-5-14(6-4-13)21-19(25)16-9-15(22-23-16)12-2-7-17-18(8-12)27-10-26-17/h2-9H,10H2,1H3,(H,20,24)(H,21,25)(H,22,23). The second kappa shape index (κ2) is 6.83. The van der Waals surface area contributed by atoms with Crippen molar-refractivity contribution >= 4 is 23.2 Å². The maximum Gasteiger partial charge on any atom is 0.273 e. The average molecular weight is 364 g/mol. The van der Waals surface area contributed by atoms with Crippen LogP contribution in [0.4, 0.5) is 11.4 Å². The Hall–Kier alpha value is -3.81. The number of nitrogens with one attached hydrogen (secondary N) is 3. The smallest absolute Gasteiger partial charge is 0.273 e. The highest BCUT2D eigenvalue weighted by Gasteiger charge is 2.16. The second-order valence-corrected chi connectivity index (χ2v) is 5.95. The van der Waals surface area contributed by atoms with E-state index in [0.717, 1.165) is 5.56 Å². The van der Waals surface area contributed by atoms with Crippen LogP contribution in [0.3, 0.4) is 0 Å². The van der Waals surface area contributed by atoms with Gasteiger partial charge in [-0.2, -0.15) is 5.10 Å². The number of nitrogens with zero attached hydrogens (tertiary/aromatic N) is 1. The van der Waals surface area contributed by atoms with Gasteiger partial charge in [-0.1, -0.05) is 0 Å². The highest BCUT2D eigenvalue weighted by molar-refractivity contribution is 6.03. The molecule has 4 rings (SSSR count). The Labute approximate surface area is 154 Å². The number of aromatic amines is 1. The first kappa shape index (κ1) is 16.6. The molecule has 0 aliphatic carbocycles. The molecule has 8 heteroatoms. The molecule has 27 heavy (non-hydrogen) atoms. The summed E-state index contributed by atoms with van der Waals surface area (Å²) < 4.78 is 10.7. The summed E-state index contributed by atoms with van der Waals surface area (Å²) in [6.45, 7) is 1.64. The van der Waals surface area contributed by atoms with Crippen molar-refractivity contribution in [3.05, 3.63) is 54.2 Å². The molecule has 0 fully saturated rings. The third-order valence-corrected chi connectivity index (χ3v) is 3.95. The highest BCUT2D eigenvalue weighted by Crippen LogP contribution is 2.35. The summed E-state index contributed by atoms with van der Waals surface area (Å²) in [7, 11) is 0. The third kappa shape index (κ3) is 3.59. The van der Waals surface area contributed by atoms with Crippen LogP contribution in [0.15, 0.2) is 48.5 Å². The van der Waals surface area contributed by atoms with Crippen LogP contribution in [0.5, 0.6) is 11.5 Å². The van der Waals surface area contributed by atoms with Crippen molar-refractivity contribution in [1.82, 2.24) is 10.2 Å². The first-order chi connectivity index (χ1) is 13.1. The monoisotopic (exact) mass is 364 g/mol. The third-order valence-electron chi connectivity index (χ3n) is 3.95. The molecular formula is C19H16N4O4. The predicted molar refractivity (Wildman–Crippen MR) is 98.8 cm³/mol. The summed E-state index contributed by atoms with van der Waals surface area (Å²) in [5, 5.41) is 12.4. The molecule has 3 aromatic rings. The van der Waals surface area contributed by atoms with Crippen molar-refractivity contribution < 1.29 is 19.1 Å². The summed E-state index contributed by atoms with van der Waals surface area (Å²) in [5.74, 6) is 0.873. The number of carbonyl (C=O) groups is 2. The summed E-state index contributed by atoms with van der Waals surface area (Å²) in [5.41, 5.74) is 3.03. The minimum absolute atomic E-state index is 0.153. The van der Waals surface area contributed by atoms with Crippen LogP contribution in [0, 0.1) is 0 Å². The van der Waals surface area contributed by atoms with E-state index in [-0.39, 0.29) is 18.6 Å². The molecule has 0 bridgehead atoms. The predicted octanol–water partition coefficient (Wildman–Crippen LogP) is 3.02. The number of hydrogen-bond acceptors (Lipinski definition) is 5. The van der Waals surface area contributed by atoms with E-state index in [9.17, 15) is 9.59 Å². The second-order valence-electron chi connectivity index (χ2n) is 5.95. The maximum absolute atomic E-state index is 12.4. The van der Waals surface area contributed by atoms with Gasteiger partial charge in [-0.15, -0.1) is 0 Å². The fourth-order valence-corrected chi connectivity index (χ4v) is 2.68. The van der Waals surface area contributed by atoms with Crippen LogP contribution in [0.2, 0.25) is 0 Å². The van der Waals surface area contributed by atoms with Crippen molar-refractivity contribution in [2.24, 2.45) is 0 Å². The Morgan fingerprint density at radius 1 is 0.963 bits per heavy atom. The van der Waals surface area contributed by atoms with E-state index in [2.05, 4.69) is 20.8 Å². The van der Waals surface area contributed by atoms with E-state index >= 15 is 0 Å². The number of aromatic nitrogens is 2. The number of fused-ring (bicyclic) bond motifs is 1. The number of rotatable bonds is 4. The van der Waals surface area contributed by atoms with Gasteiger partial charge in [-0.3, -0.25) is 14.7 Å². The largest absolute Gasteiger partial charge is 0.454 e. The van der Waals surface area contributed by atoms with E-state index in [1.807, 2.05) is 18.2 Å². The van der Waals surface area contributed by atoms with E-state index in [1.165, 1.54) is 6.92 Å². The van der Waals surface area contributed by atoms with Crippen molar-refractivity contribution in [2.75, 3.05) is 17.4 Å². The quantitative estimate of drug-likeness (QED) is 0.660. The molecule has 0 spiro atoms. The van der Waals surface area contributed by atoms with Crippen LogP contribution in [0.1, 0.15) is 17.4 Å². The lowest BCUT2D eigenvalue weighted by molar-refractivity contribution is -0.114. The lowest BCUT2D eigenvalue weighted by Gasteiger charge is -2.05. The molecule has 0 saturated heterocycles. The molecule has 0 atom stereocenters. The minimum atomic E-state index is -0.318. The number of benzene rings is 2. The molecule has 136 valence electrons. The van der Waals surface area contributed by atoms with Gasteiger partial charge in [0.25, 0.3) is 5.91 Å². The van der Waals surface area contributed by atoms with Crippen molar-refractivity contribution in [1.29, 1.82) is 0 Å². The van der Waals surface area contributed by atoms with E-state index in [0.29, 0.717) is 34.3 Å². The molecule has 2 heterocycles. The zero-order valence-electron chi connectivity index (χ0n) is 14.4. The molecule has 1 aliphatic rings. The summed E-state index contributed by atoms with van der Waals surface area (Å²) in [4.78, 5) is 23.4. The van der Waals surface area contributed by atoms with Gasteiger partial charge in [-0.25, -0.2) is 0 Å². The lowest BCUT2D eigenvalue weighted by Crippen LogP contribution is -2.12. The Balaban J connectivity index is 1.46. The molecule has 2 amide bonds. The molecule has 0 radical (unpaired) electrons. The fourth-order valence-electron chi connectivity index (χ4n) is 2.68. The topological polar surface area (TPSA) is 105 Å². The summed E-state index contributed by atoms with van der Waals surface area (Å²) in [6.07, 6.45) is 0. The fraction of sp³-hybridized carbons (Fsp3) is 0.105. The lowest BCUT2D eigenvalue weighted by atomic mass is 10.1. The van der Waals surface area contributed by atoms with Crippen molar-refractivity contribution in [3.8, 4) is 22.8 Å². The first-order valence-corrected chi connectivity index (χ1v) is 8.23.